The zero-order valence-corrected chi connectivity index (χ0v) is 35.7. The molecule has 11 rings (SSSR count). The van der Waals surface area contributed by atoms with Gasteiger partial charge in [-0.3, -0.25) is 4.57 Å². The summed E-state index contributed by atoms with van der Waals surface area (Å²) >= 11 is 0. The monoisotopic (exact) mass is 822 g/mol. The molecule has 0 aliphatic carbocycles. The molecule has 0 atom stereocenters. The van der Waals surface area contributed by atoms with Crippen molar-refractivity contribution < 1.29 is 13.4 Å². The van der Waals surface area contributed by atoms with Crippen LogP contribution in [0, 0.1) is 6.33 Å². The first-order valence-electron chi connectivity index (χ1n) is 22.5. The summed E-state index contributed by atoms with van der Waals surface area (Å²) in [6.45, 7) is 4.14. The van der Waals surface area contributed by atoms with E-state index in [-0.39, 0.29) is 5.41 Å². The van der Waals surface area contributed by atoms with Gasteiger partial charge >= 0.3 is 0 Å². The number of hydrogen-bond acceptors (Lipinski definition) is 3. The van der Waals surface area contributed by atoms with Gasteiger partial charge in [0.15, 0.2) is 8.07 Å². The Hall–Kier alpha value is -7.48. The maximum Gasteiger partial charge on any atom is 0.244 e. The Labute approximate surface area is 367 Å². The molecule has 1 aliphatic rings. The summed E-state index contributed by atoms with van der Waals surface area (Å²) in [5.41, 5.74) is 5.84. The number of anilines is 3. The standard InChI is InChI=1S/C55H45N5OSi/c1-55(2,3)39-32-33-56-53(34-39)59-47-25-12-11-24-45(47)46-31-30-42(36-50(46)59)61-41-19-17-18-40(35-41)58-38-57(4)37-54(58)60-48-26-13-15-28-51(48)62(43-20-7-5-8-21-43,44-22-9-6-10-23-44)52-29-16-14-27-49(52)60/h5-37H,1-4H3/i4D3. The lowest BCUT2D eigenvalue weighted by Gasteiger charge is -2.45. The molecule has 0 spiro atoms. The van der Waals surface area contributed by atoms with E-state index in [4.69, 9.17) is 13.8 Å². The van der Waals surface area contributed by atoms with E-state index in [9.17, 15) is 0 Å². The molecule has 0 saturated carbocycles. The lowest BCUT2D eigenvalue weighted by atomic mass is 9.88. The number of pyridine rings is 1. The van der Waals surface area contributed by atoms with Crippen molar-refractivity contribution in [3.63, 3.8) is 0 Å². The summed E-state index contributed by atoms with van der Waals surface area (Å²) in [7, 11) is -2.90. The highest BCUT2D eigenvalue weighted by Gasteiger charge is 2.48. The van der Waals surface area contributed by atoms with Crippen LogP contribution in [0.15, 0.2) is 200 Å². The van der Waals surface area contributed by atoms with E-state index in [1.165, 1.54) is 30.9 Å². The first kappa shape index (κ1) is 34.3. The molecule has 0 saturated heterocycles. The Kier molecular flexibility index (Phi) is 8.07. The maximum absolute atomic E-state index is 8.56. The fourth-order valence-electron chi connectivity index (χ4n) is 9.46. The number of nitrogens with zero attached hydrogens (tertiary/aromatic N) is 5. The minimum Gasteiger partial charge on any atom is -0.458 e. The third-order valence-corrected chi connectivity index (χ3v) is 17.1. The lowest BCUT2D eigenvalue weighted by Crippen LogP contribution is -2.77. The van der Waals surface area contributed by atoms with Gasteiger partial charge < -0.3 is 18.8 Å². The number of imidazole rings is 1. The summed E-state index contributed by atoms with van der Waals surface area (Å²) in [6.07, 6.45) is 6.80. The van der Waals surface area contributed by atoms with E-state index >= 15 is 0 Å². The molecular weight excluding hydrogens is 775 g/mol. The Morgan fingerprint density at radius 2 is 1.24 bits per heavy atom. The van der Waals surface area contributed by atoms with Crippen LogP contribution in [0.3, 0.4) is 0 Å². The summed E-state index contributed by atoms with van der Waals surface area (Å²) in [5.74, 6) is 2.71. The van der Waals surface area contributed by atoms with Crippen LogP contribution in [-0.4, -0.2) is 22.2 Å². The number of aromatic nitrogens is 4. The van der Waals surface area contributed by atoms with Gasteiger partial charge in [-0.05, 0) is 86.3 Å². The minimum atomic E-state index is -2.90. The van der Waals surface area contributed by atoms with Gasteiger partial charge in [0.05, 0.1) is 27.8 Å². The zero-order chi connectivity index (χ0) is 44.5. The van der Waals surface area contributed by atoms with Crippen LogP contribution in [0.5, 0.6) is 11.5 Å². The van der Waals surface area contributed by atoms with Gasteiger partial charge in [0, 0.05) is 40.6 Å². The molecule has 3 aromatic heterocycles. The second-order valence-electron chi connectivity index (χ2n) is 16.9. The number of rotatable bonds is 7. The number of para-hydroxylation sites is 3. The van der Waals surface area contributed by atoms with Crippen LogP contribution in [0.2, 0.25) is 0 Å². The molecule has 300 valence electrons. The van der Waals surface area contributed by atoms with Crippen LogP contribution in [0.4, 0.5) is 17.2 Å². The van der Waals surface area contributed by atoms with E-state index in [0.29, 0.717) is 23.0 Å². The number of fused-ring (bicyclic) bond motifs is 5. The van der Waals surface area contributed by atoms with E-state index in [1.54, 1.807) is 6.20 Å². The van der Waals surface area contributed by atoms with Crippen molar-refractivity contribution in [3.05, 3.63) is 212 Å². The van der Waals surface area contributed by atoms with Crippen molar-refractivity contribution in [1.29, 1.82) is 0 Å². The van der Waals surface area contributed by atoms with Crippen molar-refractivity contribution in [2.75, 3.05) is 4.90 Å². The summed E-state index contributed by atoms with van der Waals surface area (Å²) in [4.78, 5) is 7.06. The van der Waals surface area contributed by atoms with E-state index in [1.807, 2.05) is 41.1 Å². The first-order valence-corrected chi connectivity index (χ1v) is 23.0. The first-order chi connectivity index (χ1) is 31.5. The number of aryl methyl sites for hydroxylation is 1. The van der Waals surface area contributed by atoms with Gasteiger partial charge in [-0.1, -0.05) is 148 Å². The average molecular weight is 823 g/mol. The molecule has 0 N–H and O–H groups in total. The second kappa shape index (κ2) is 14.6. The molecule has 0 radical (unpaired) electrons. The predicted molar refractivity (Wildman–Crippen MR) is 255 cm³/mol. The van der Waals surface area contributed by atoms with Gasteiger partial charge in [-0.2, -0.15) is 0 Å². The highest BCUT2D eigenvalue weighted by molar-refractivity contribution is 7.21. The quantitative estimate of drug-likeness (QED) is 0.0914. The molecule has 4 heterocycles. The Bertz CT molecular complexity index is 3320. The fourth-order valence-corrected chi connectivity index (χ4v) is 14.6. The third-order valence-electron chi connectivity index (χ3n) is 12.2. The fraction of sp³-hybridized carbons (Fsp3) is 0.0909. The smallest absolute Gasteiger partial charge is 0.244 e. The molecule has 7 aromatic carbocycles. The number of hydrogen-bond donors (Lipinski definition) is 0. The molecular formula is C55H45N5OSi. The normalized spacial score (nSPS) is 14.2. The van der Waals surface area contributed by atoms with Crippen molar-refractivity contribution >= 4 is 67.8 Å². The van der Waals surface area contributed by atoms with Gasteiger partial charge in [0.25, 0.3) is 0 Å². The molecule has 0 unspecified atom stereocenters. The van der Waals surface area contributed by atoms with Crippen molar-refractivity contribution in [1.82, 2.24) is 14.1 Å². The maximum atomic E-state index is 8.56. The Balaban J connectivity index is 1.05. The van der Waals surface area contributed by atoms with E-state index in [0.717, 1.165) is 39.0 Å². The number of benzene rings is 7. The van der Waals surface area contributed by atoms with Gasteiger partial charge in [0.2, 0.25) is 6.33 Å². The molecule has 1 aliphatic heterocycles. The lowest BCUT2D eigenvalue weighted by molar-refractivity contribution is -0.674. The molecule has 0 amide bonds. The largest absolute Gasteiger partial charge is 0.458 e. The van der Waals surface area contributed by atoms with Gasteiger partial charge in [0.1, 0.15) is 23.1 Å². The molecule has 62 heavy (non-hydrogen) atoms. The number of ether oxygens (including phenoxy) is 1. The molecule has 10 aromatic rings. The van der Waals surface area contributed by atoms with Crippen molar-refractivity contribution in [3.8, 4) is 23.0 Å². The van der Waals surface area contributed by atoms with E-state index in [2.05, 4.69) is 194 Å². The topological polar surface area (TPSA) is 39.1 Å². The Morgan fingerprint density at radius 1 is 0.613 bits per heavy atom. The average Bonchev–Trinajstić information content (AvgIpc) is 3.92. The highest BCUT2D eigenvalue weighted by atomic mass is 28.3. The van der Waals surface area contributed by atoms with Crippen molar-refractivity contribution in [2.24, 2.45) is 6.98 Å². The zero-order valence-electron chi connectivity index (χ0n) is 37.7. The molecule has 0 fully saturated rings. The summed E-state index contributed by atoms with van der Waals surface area (Å²) < 4.78 is 37.7. The molecule has 0 bridgehead atoms. The SMILES string of the molecule is [2H]C([2H])([2H])[n+]1[c-]n(-c2cccc(Oc3ccc4c5ccccc5n(-c5cc(C(C)(C)C)ccn5)c4c3)c2)c(N2c3ccccc3[Si](c3ccccc3)(c3ccccc3)c3ccccc32)c1. The summed E-state index contributed by atoms with van der Waals surface area (Å²) in [6, 6.07) is 65.4. The van der Waals surface area contributed by atoms with Crippen LogP contribution in [0.25, 0.3) is 33.3 Å². The van der Waals surface area contributed by atoms with E-state index < -0.39 is 15.0 Å². The van der Waals surface area contributed by atoms with Gasteiger partial charge in [-0.15, -0.1) is 0 Å². The van der Waals surface area contributed by atoms with Crippen LogP contribution in [-0.2, 0) is 12.4 Å². The van der Waals surface area contributed by atoms with Crippen LogP contribution < -0.4 is 35.0 Å². The predicted octanol–water partition coefficient (Wildman–Crippen LogP) is 9.84. The van der Waals surface area contributed by atoms with Crippen molar-refractivity contribution in [2.45, 2.75) is 26.2 Å². The summed E-state index contributed by atoms with van der Waals surface area (Å²) in [5, 5.41) is 7.17. The van der Waals surface area contributed by atoms with Gasteiger partial charge in [-0.25, -0.2) is 4.98 Å². The molecule has 6 nitrogen and oxygen atoms in total. The third kappa shape index (κ3) is 5.99. The highest BCUT2D eigenvalue weighted by Crippen LogP contribution is 2.40. The second-order valence-corrected chi connectivity index (χ2v) is 20.7. The minimum absolute atomic E-state index is 0.0487. The van der Waals surface area contributed by atoms with Crippen LogP contribution in [0.1, 0.15) is 30.4 Å². The molecule has 7 heteroatoms. The Morgan fingerprint density at radius 3 is 1.94 bits per heavy atom. The van der Waals surface area contributed by atoms with Crippen LogP contribution >= 0.6 is 0 Å².